The zero-order valence-electron chi connectivity index (χ0n) is 17.7. The van der Waals surface area contributed by atoms with Crippen molar-refractivity contribution in [3.63, 3.8) is 0 Å². The van der Waals surface area contributed by atoms with Crippen molar-refractivity contribution in [2.24, 2.45) is 5.92 Å². The number of carbonyl (C=O) groups is 1. The predicted octanol–water partition coefficient (Wildman–Crippen LogP) is 4.86. The Balaban J connectivity index is 1.38. The zero-order valence-corrected chi connectivity index (χ0v) is 17.7. The molecule has 156 valence electrons. The first-order chi connectivity index (χ1) is 14.7. The van der Waals surface area contributed by atoms with E-state index in [1.165, 1.54) is 18.4 Å². The molecular weight excluding hydrogens is 370 g/mol. The molecule has 0 saturated carbocycles. The smallest absolute Gasteiger partial charge is 0.254 e. The first-order valence-corrected chi connectivity index (χ1v) is 11.3. The lowest BCUT2D eigenvalue weighted by Crippen LogP contribution is -2.47. The summed E-state index contributed by atoms with van der Waals surface area (Å²) < 4.78 is 0. The minimum atomic E-state index is 0.211. The van der Waals surface area contributed by atoms with E-state index in [2.05, 4.69) is 28.0 Å². The lowest BCUT2D eigenvalue weighted by atomic mass is 9.85. The fraction of sp³-hybridized carbons (Fsp3) is 0.462. The van der Waals surface area contributed by atoms with E-state index in [-0.39, 0.29) is 5.91 Å². The van der Waals surface area contributed by atoms with Crippen LogP contribution < -0.4 is 0 Å². The molecule has 0 aromatic heterocycles. The molecule has 4 nitrogen and oxygen atoms in total. The third-order valence-corrected chi connectivity index (χ3v) is 6.75. The van der Waals surface area contributed by atoms with E-state index in [9.17, 15) is 4.79 Å². The van der Waals surface area contributed by atoms with Crippen molar-refractivity contribution < 1.29 is 4.79 Å². The predicted molar refractivity (Wildman–Crippen MR) is 119 cm³/mol. The van der Waals surface area contributed by atoms with E-state index in [0.717, 1.165) is 57.4 Å². The second-order valence-corrected chi connectivity index (χ2v) is 8.70. The quantitative estimate of drug-likeness (QED) is 0.735. The fourth-order valence-corrected chi connectivity index (χ4v) is 5.06. The molecule has 0 radical (unpaired) electrons. The summed E-state index contributed by atoms with van der Waals surface area (Å²) >= 11 is 0. The van der Waals surface area contributed by atoms with Gasteiger partial charge in [0.15, 0.2) is 0 Å². The third kappa shape index (κ3) is 4.91. The number of likely N-dealkylation sites (tertiary alicyclic amines) is 2. The van der Waals surface area contributed by atoms with E-state index in [1.54, 1.807) is 0 Å². The molecule has 2 aromatic rings. The highest BCUT2D eigenvalue weighted by Gasteiger charge is 2.34. The van der Waals surface area contributed by atoms with Gasteiger partial charge < -0.3 is 4.90 Å². The highest BCUT2D eigenvalue weighted by molar-refractivity contribution is 5.94. The zero-order chi connectivity index (χ0) is 20.8. The number of benzene rings is 2. The largest absolute Gasteiger partial charge is 0.335 e. The molecule has 0 N–H and O–H groups in total. The summed E-state index contributed by atoms with van der Waals surface area (Å²) in [4.78, 5) is 18.0. The summed E-state index contributed by atoms with van der Waals surface area (Å²) in [5, 5.41) is 8.97. The van der Waals surface area contributed by atoms with Crippen molar-refractivity contribution in [3.8, 4) is 6.07 Å². The van der Waals surface area contributed by atoms with E-state index >= 15 is 0 Å². The number of amides is 1. The molecule has 2 aromatic carbocycles. The van der Waals surface area contributed by atoms with Gasteiger partial charge in [-0.25, -0.2) is 0 Å². The average molecular weight is 402 g/mol. The van der Waals surface area contributed by atoms with Gasteiger partial charge in [0.1, 0.15) is 0 Å². The van der Waals surface area contributed by atoms with Crippen LogP contribution in [-0.4, -0.2) is 41.4 Å². The van der Waals surface area contributed by atoms with Crippen molar-refractivity contribution in [1.82, 2.24) is 9.80 Å². The van der Waals surface area contributed by atoms with Gasteiger partial charge in [-0.05, 0) is 74.5 Å². The molecule has 4 rings (SSSR count). The minimum Gasteiger partial charge on any atom is -0.335 e. The van der Waals surface area contributed by atoms with Crippen molar-refractivity contribution in [2.75, 3.05) is 19.6 Å². The standard InChI is InChI=1S/C26H31N3O/c27-19-21-10-12-22(13-11-21)20-28-17-14-23(15-18-28)25-9-5-2-6-16-29(25)26(30)24-7-3-1-4-8-24/h1,3-4,7-8,10-13,23,25H,2,5-6,9,14-18,20H2/t25-/m0/s1. The summed E-state index contributed by atoms with van der Waals surface area (Å²) in [6.07, 6.45) is 7.02. The van der Waals surface area contributed by atoms with Crippen LogP contribution in [0.5, 0.6) is 0 Å². The molecular formula is C26H31N3O. The molecule has 0 spiro atoms. The normalized spacial score (nSPS) is 21.0. The Morgan fingerprint density at radius 1 is 0.900 bits per heavy atom. The van der Waals surface area contributed by atoms with Gasteiger partial charge in [-0.15, -0.1) is 0 Å². The molecule has 2 fully saturated rings. The second-order valence-electron chi connectivity index (χ2n) is 8.70. The topological polar surface area (TPSA) is 47.3 Å². The Morgan fingerprint density at radius 3 is 2.33 bits per heavy atom. The van der Waals surface area contributed by atoms with Crippen LogP contribution in [0.1, 0.15) is 60.0 Å². The molecule has 2 aliphatic heterocycles. The summed E-state index contributed by atoms with van der Waals surface area (Å²) in [6, 6.07) is 20.3. The van der Waals surface area contributed by atoms with Crippen LogP contribution in [0.15, 0.2) is 54.6 Å². The maximum absolute atomic E-state index is 13.3. The minimum absolute atomic E-state index is 0.211. The SMILES string of the molecule is N#Cc1ccc(CN2CCC([C@@H]3CCCCCN3C(=O)c3ccccc3)CC2)cc1. The van der Waals surface area contributed by atoms with Crippen LogP contribution in [0.2, 0.25) is 0 Å². The van der Waals surface area contributed by atoms with Crippen molar-refractivity contribution in [2.45, 2.75) is 51.1 Å². The van der Waals surface area contributed by atoms with Gasteiger partial charge in [0, 0.05) is 24.7 Å². The van der Waals surface area contributed by atoms with E-state index < -0.39 is 0 Å². The monoisotopic (exact) mass is 401 g/mol. The Bertz CT molecular complexity index is 863. The lowest BCUT2D eigenvalue weighted by Gasteiger charge is -2.41. The average Bonchev–Trinajstić information content (AvgIpc) is 3.06. The van der Waals surface area contributed by atoms with Gasteiger partial charge in [-0.2, -0.15) is 5.26 Å². The number of carbonyl (C=O) groups excluding carboxylic acids is 1. The van der Waals surface area contributed by atoms with Gasteiger partial charge >= 0.3 is 0 Å². The van der Waals surface area contributed by atoms with Gasteiger partial charge in [0.2, 0.25) is 0 Å². The Labute approximate surface area is 180 Å². The first kappa shape index (κ1) is 20.6. The molecule has 1 amide bonds. The molecule has 2 aliphatic rings. The summed E-state index contributed by atoms with van der Waals surface area (Å²) in [7, 11) is 0. The molecule has 0 bridgehead atoms. The van der Waals surface area contributed by atoms with Crippen LogP contribution in [0.25, 0.3) is 0 Å². The Kier molecular flexibility index (Phi) is 6.81. The van der Waals surface area contributed by atoms with Crippen LogP contribution in [-0.2, 0) is 6.54 Å². The Hall–Kier alpha value is -2.64. The van der Waals surface area contributed by atoms with Gasteiger partial charge in [0.25, 0.3) is 5.91 Å². The third-order valence-electron chi connectivity index (χ3n) is 6.75. The first-order valence-electron chi connectivity index (χ1n) is 11.3. The molecule has 2 saturated heterocycles. The Morgan fingerprint density at radius 2 is 1.63 bits per heavy atom. The molecule has 1 atom stereocenters. The highest BCUT2D eigenvalue weighted by atomic mass is 16.2. The molecule has 0 aliphatic carbocycles. The van der Waals surface area contributed by atoms with Gasteiger partial charge in [-0.1, -0.05) is 43.2 Å². The fourth-order valence-electron chi connectivity index (χ4n) is 5.06. The molecule has 0 unspecified atom stereocenters. The summed E-state index contributed by atoms with van der Waals surface area (Å²) in [5.74, 6) is 0.801. The molecule has 4 heteroatoms. The van der Waals surface area contributed by atoms with Gasteiger partial charge in [0.05, 0.1) is 11.6 Å². The number of rotatable bonds is 4. The van der Waals surface area contributed by atoms with Crippen molar-refractivity contribution in [3.05, 3.63) is 71.3 Å². The van der Waals surface area contributed by atoms with Crippen LogP contribution in [0.3, 0.4) is 0 Å². The van der Waals surface area contributed by atoms with E-state index in [4.69, 9.17) is 5.26 Å². The van der Waals surface area contributed by atoms with Crippen molar-refractivity contribution in [1.29, 1.82) is 5.26 Å². The summed E-state index contributed by atoms with van der Waals surface area (Å²) in [5.41, 5.74) is 2.81. The van der Waals surface area contributed by atoms with Crippen LogP contribution in [0.4, 0.5) is 0 Å². The number of nitrogens with zero attached hydrogens (tertiary/aromatic N) is 3. The van der Waals surface area contributed by atoms with Gasteiger partial charge in [-0.3, -0.25) is 9.69 Å². The number of piperidine rings is 1. The maximum Gasteiger partial charge on any atom is 0.254 e. The molecule has 2 heterocycles. The second kappa shape index (κ2) is 9.91. The van der Waals surface area contributed by atoms with Crippen LogP contribution in [0, 0.1) is 17.2 Å². The number of hydrogen-bond acceptors (Lipinski definition) is 3. The van der Waals surface area contributed by atoms with Crippen molar-refractivity contribution >= 4 is 5.91 Å². The number of nitriles is 1. The van der Waals surface area contributed by atoms with E-state index in [1.807, 2.05) is 42.5 Å². The molecule has 30 heavy (non-hydrogen) atoms. The number of hydrogen-bond donors (Lipinski definition) is 0. The van der Waals surface area contributed by atoms with E-state index in [0.29, 0.717) is 17.5 Å². The van der Waals surface area contributed by atoms with Crippen LogP contribution >= 0.6 is 0 Å². The highest BCUT2D eigenvalue weighted by Crippen LogP contribution is 2.31. The lowest BCUT2D eigenvalue weighted by molar-refractivity contribution is 0.0515. The maximum atomic E-state index is 13.3. The summed E-state index contributed by atoms with van der Waals surface area (Å²) in [6.45, 7) is 3.99.